The summed E-state index contributed by atoms with van der Waals surface area (Å²) in [5.74, 6) is -0.940. The van der Waals surface area contributed by atoms with E-state index in [9.17, 15) is 18.0 Å². The number of carbonyl (C=O) groups excluding carboxylic acids is 2. The van der Waals surface area contributed by atoms with Crippen molar-refractivity contribution in [1.29, 1.82) is 0 Å². The van der Waals surface area contributed by atoms with E-state index in [1.54, 1.807) is 18.4 Å². The molecule has 1 aliphatic rings. The molecule has 0 atom stereocenters. The van der Waals surface area contributed by atoms with Crippen LogP contribution in [-0.4, -0.2) is 50.3 Å². The SMILES string of the molecule is CCOC(=O)C1(NC(=O)CN(C)S(=O)(=O)c2cccs2)CCCCC1. The molecule has 1 aromatic heterocycles. The highest BCUT2D eigenvalue weighted by Gasteiger charge is 2.42. The molecule has 2 rings (SSSR count). The fraction of sp³-hybridized carbons (Fsp3) is 0.625. The Kier molecular flexibility index (Phi) is 6.59. The van der Waals surface area contributed by atoms with Crippen molar-refractivity contribution in [2.45, 2.75) is 48.8 Å². The number of hydrogen-bond acceptors (Lipinski definition) is 6. The number of thiophene rings is 1. The van der Waals surface area contributed by atoms with Crippen LogP contribution in [0, 0.1) is 0 Å². The summed E-state index contributed by atoms with van der Waals surface area (Å²) >= 11 is 1.10. The number of rotatable bonds is 7. The number of sulfonamides is 1. The zero-order valence-electron chi connectivity index (χ0n) is 14.5. The van der Waals surface area contributed by atoms with Crippen molar-refractivity contribution < 1.29 is 22.7 Å². The Balaban J connectivity index is 2.07. The van der Waals surface area contributed by atoms with Gasteiger partial charge in [0, 0.05) is 7.05 Å². The Morgan fingerprint density at radius 2 is 2.00 bits per heavy atom. The summed E-state index contributed by atoms with van der Waals surface area (Å²) in [7, 11) is -2.35. The third-order valence-electron chi connectivity index (χ3n) is 4.28. The van der Waals surface area contributed by atoms with Crippen LogP contribution >= 0.6 is 11.3 Å². The van der Waals surface area contributed by atoms with Gasteiger partial charge in [-0.15, -0.1) is 11.3 Å². The van der Waals surface area contributed by atoms with Gasteiger partial charge in [0.1, 0.15) is 9.75 Å². The largest absolute Gasteiger partial charge is 0.464 e. The highest BCUT2D eigenvalue weighted by atomic mass is 32.2. The molecule has 9 heteroatoms. The molecular weight excluding hydrogens is 364 g/mol. The van der Waals surface area contributed by atoms with Gasteiger partial charge >= 0.3 is 5.97 Å². The Bertz CT molecular complexity index is 694. The van der Waals surface area contributed by atoms with Crippen molar-refractivity contribution in [3.05, 3.63) is 17.5 Å². The van der Waals surface area contributed by atoms with Crippen LogP contribution < -0.4 is 5.32 Å². The molecule has 25 heavy (non-hydrogen) atoms. The summed E-state index contributed by atoms with van der Waals surface area (Å²) < 4.78 is 31.1. The number of amides is 1. The van der Waals surface area contributed by atoms with Crippen LogP contribution in [0.15, 0.2) is 21.7 Å². The summed E-state index contributed by atoms with van der Waals surface area (Å²) in [6.45, 7) is 1.61. The normalized spacial score (nSPS) is 17.2. The number of esters is 1. The van der Waals surface area contributed by atoms with Gasteiger partial charge in [0.05, 0.1) is 13.2 Å². The standard InChI is InChI=1S/C16H24N2O5S2/c1-3-23-15(20)16(9-5-4-6-10-16)17-13(19)12-18(2)25(21,22)14-8-7-11-24-14/h7-8,11H,3-6,9-10,12H2,1-2H3,(H,17,19). The molecule has 1 saturated carbocycles. The molecule has 140 valence electrons. The highest BCUT2D eigenvalue weighted by molar-refractivity contribution is 7.91. The molecule has 1 fully saturated rings. The maximum absolute atomic E-state index is 12.4. The highest BCUT2D eigenvalue weighted by Crippen LogP contribution is 2.29. The van der Waals surface area contributed by atoms with Crippen molar-refractivity contribution in [3.8, 4) is 0 Å². The van der Waals surface area contributed by atoms with Crippen molar-refractivity contribution >= 4 is 33.2 Å². The Hall–Kier alpha value is -1.45. The first-order valence-electron chi connectivity index (χ1n) is 8.30. The molecule has 0 aliphatic heterocycles. The van der Waals surface area contributed by atoms with Crippen molar-refractivity contribution in [1.82, 2.24) is 9.62 Å². The van der Waals surface area contributed by atoms with E-state index < -0.39 is 27.4 Å². The molecule has 0 unspecified atom stereocenters. The second-order valence-electron chi connectivity index (χ2n) is 6.10. The van der Waals surface area contributed by atoms with Crippen molar-refractivity contribution in [2.24, 2.45) is 0 Å². The predicted molar refractivity (Wildman–Crippen MR) is 94.7 cm³/mol. The summed E-state index contributed by atoms with van der Waals surface area (Å²) in [5, 5.41) is 4.41. The second-order valence-corrected chi connectivity index (χ2v) is 9.32. The minimum atomic E-state index is -3.71. The zero-order chi connectivity index (χ0) is 18.5. The number of likely N-dealkylation sites (N-methyl/N-ethyl adjacent to an activating group) is 1. The first-order valence-corrected chi connectivity index (χ1v) is 10.6. The van der Waals surface area contributed by atoms with Crippen LogP contribution in [0.3, 0.4) is 0 Å². The average molecular weight is 389 g/mol. The van der Waals surface area contributed by atoms with Crippen LogP contribution in [0.1, 0.15) is 39.0 Å². The van der Waals surface area contributed by atoms with Gasteiger partial charge in [0.25, 0.3) is 10.0 Å². The topological polar surface area (TPSA) is 92.8 Å². The maximum Gasteiger partial charge on any atom is 0.331 e. The number of hydrogen-bond donors (Lipinski definition) is 1. The van der Waals surface area contributed by atoms with Crippen LogP contribution in [0.2, 0.25) is 0 Å². The maximum atomic E-state index is 12.4. The lowest BCUT2D eigenvalue weighted by atomic mass is 9.81. The fourth-order valence-electron chi connectivity index (χ4n) is 2.96. The number of carbonyl (C=O) groups is 2. The lowest BCUT2D eigenvalue weighted by molar-refractivity contribution is -0.155. The third-order valence-corrected chi connectivity index (χ3v) is 7.45. The van der Waals surface area contributed by atoms with E-state index in [2.05, 4.69) is 5.32 Å². The number of nitrogens with zero attached hydrogens (tertiary/aromatic N) is 1. The average Bonchev–Trinajstić information content (AvgIpc) is 3.11. The second kappa shape index (κ2) is 8.29. The minimum Gasteiger partial charge on any atom is -0.464 e. The zero-order valence-corrected chi connectivity index (χ0v) is 16.1. The summed E-state index contributed by atoms with van der Waals surface area (Å²) in [6.07, 6.45) is 3.67. The summed E-state index contributed by atoms with van der Waals surface area (Å²) in [4.78, 5) is 24.8. The van der Waals surface area contributed by atoms with Gasteiger partial charge in [0.2, 0.25) is 5.91 Å². The van der Waals surface area contributed by atoms with Gasteiger partial charge in [-0.3, -0.25) is 4.79 Å². The molecule has 1 aromatic rings. The lowest BCUT2D eigenvalue weighted by Gasteiger charge is -2.35. The Morgan fingerprint density at radius 1 is 1.32 bits per heavy atom. The predicted octanol–water partition coefficient (Wildman–Crippen LogP) is 1.75. The molecule has 1 amide bonds. The molecule has 0 spiro atoms. The lowest BCUT2D eigenvalue weighted by Crippen LogP contribution is -2.58. The Morgan fingerprint density at radius 3 is 2.56 bits per heavy atom. The van der Waals surface area contributed by atoms with Crippen molar-refractivity contribution in [2.75, 3.05) is 20.2 Å². The molecule has 0 bridgehead atoms. The van der Waals surface area contributed by atoms with Crippen LogP contribution in [0.4, 0.5) is 0 Å². The molecule has 0 saturated heterocycles. The molecule has 1 heterocycles. The third kappa shape index (κ3) is 4.59. The first-order chi connectivity index (χ1) is 11.8. The fourth-order valence-corrected chi connectivity index (χ4v) is 5.29. The van der Waals surface area contributed by atoms with E-state index in [4.69, 9.17) is 4.74 Å². The van der Waals surface area contributed by atoms with Crippen LogP contribution in [0.5, 0.6) is 0 Å². The minimum absolute atomic E-state index is 0.181. The smallest absolute Gasteiger partial charge is 0.331 e. The van der Waals surface area contributed by atoms with Gasteiger partial charge in [-0.05, 0) is 31.2 Å². The molecular formula is C16H24N2O5S2. The first kappa shape index (κ1) is 19.9. The quantitative estimate of drug-likeness (QED) is 0.719. The molecule has 0 radical (unpaired) electrons. The van der Waals surface area contributed by atoms with Gasteiger partial charge in [-0.2, -0.15) is 4.31 Å². The van der Waals surface area contributed by atoms with E-state index in [0.717, 1.165) is 34.9 Å². The van der Waals surface area contributed by atoms with Crippen molar-refractivity contribution in [3.63, 3.8) is 0 Å². The summed E-state index contributed by atoms with van der Waals surface area (Å²) in [6, 6.07) is 3.14. The Labute approximate surface area is 152 Å². The van der Waals surface area contributed by atoms with Gasteiger partial charge in [-0.1, -0.05) is 25.3 Å². The molecule has 1 aliphatic carbocycles. The monoisotopic (exact) mass is 388 g/mol. The number of nitrogens with one attached hydrogen (secondary N) is 1. The molecule has 7 nitrogen and oxygen atoms in total. The van der Waals surface area contributed by atoms with E-state index >= 15 is 0 Å². The van der Waals surface area contributed by atoms with E-state index in [0.29, 0.717) is 12.8 Å². The molecule has 0 aromatic carbocycles. The van der Waals surface area contributed by atoms with E-state index in [1.165, 1.54) is 13.1 Å². The van der Waals surface area contributed by atoms with Gasteiger partial charge in [-0.25, -0.2) is 13.2 Å². The summed E-state index contributed by atoms with van der Waals surface area (Å²) in [5.41, 5.74) is -1.04. The van der Waals surface area contributed by atoms with Gasteiger partial charge in [0.15, 0.2) is 0 Å². The van der Waals surface area contributed by atoms with Crippen LogP contribution in [-0.2, 0) is 24.3 Å². The molecule has 1 N–H and O–H groups in total. The number of ether oxygens (including phenoxy) is 1. The van der Waals surface area contributed by atoms with Gasteiger partial charge < -0.3 is 10.1 Å². The van der Waals surface area contributed by atoms with E-state index in [-0.39, 0.29) is 17.4 Å². The van der Waals surface area contributed by atoms with Crippen LogP contribution in [0.25, 0.3) is 0 Å². The van der Waals surface area contributed by atoms with E-state index in [1.807, 2.05) is 0 Å².